The third kappa shape index (κ3) is 5.21. The van der Waals surface area contributed by atoms with Crippen LogP contribution in [0.15, 0.2) is 29.3 Å². The summed E-state index contributed by atoms with van der Waals surface area (Å²) in [7, 11) is 0. The Labute approximate surface area is 158 Å². The van der Waals surface area contributed by atoms with Crippen molar-refractivity contribution in [1.82, 2.24) is 10.2 Å². The number of nitrogens with two attached hydrogens (primary N) is 1. The minimum Gasteiger partial charge on any atom is -0.373 e. The molecular weight excluding hydrogens is 324 g/mol. The summed E-state index contributed by atoms with van der Waals surface area (Å²) in [6.45, 7) is 6.90. The van der Waals surface area contributed by atoms with Gasteiger partial charge in [0, 0.05) is 19.2 Å². The van der Waals surface area contributed by atoms with E-state index < -0.39 is 0 Å². The van der Waals surface area contributed by atoms with E-state index in [1.54, 1.807) is 0 Å². The highest BCUT2D eigenvalue weighted by Gasteiger charge is 2.22. The molecule has 5 heteroatoms. The normalized spacial score (nSPS) is 23.8. The van der Waals surface area contributed by atoms with Crippen LogP contribution in [0.3, 0.4) is 0 Å². The zero-order valence-electron chi connectivity index (χ0n) is 16.1. The Morgan fingerprint density at radius 3 is 3.08 bits per heavy atom. The van der Waals surface area contributed by atoms with Crippen molar-refractivity contribution in [1.29, 1.82) is 0 Å². The Balaban J connectivity index is 1.33. The number of likely N-dealkylation sites (tertiary alicyclic amines) is 1. The number of benzene rings is 1. The van der Waals surface area contributed by atoms with Gasteiger partial charge in [-0.25, -0.2) is 0 Å². The molecule has 3 rings (SSSR count). The number of nitrogens with zero attached hydrogens (tertiary/aromatic N) is 2. The zero-order valence-corrected chi connectivity index (χ0v) is 16.1. The van der Waals surface area contributed by atoms with Gasteiger partial charge in [0.2, 0.25) is 0 Å². The number of ether oxygens (including phenoxy) is 1. The minimum atomic E-state index is 0.258. The van der Waals surface area contributed by atoms with Crippen LogP contribution in [0.2, 0.25) is 0 Å². The predicted molar refractivity (Wildman–Crippen MR) is 107 cm³/mol. The number of aliphatic imine (C=N–C) groups is 1. The summed E-state index contributed by atoms with van der Waals surface area (Å²) in [5, 5.41) is 3.23. The molecule has 0 bridgehead atoms. The number of rotatable bonds is 8. The molecule has 0 radical (unpaired) electrons. The topological polar surface area (TPSA) is 62.9 Å². The smallest absolute Gasteiger partial charge is 0.188 e. The molecule has 0 amide bonds. The maximum Gasteiger partial charge on any atom is 0.188 e. The molecule has 1 heterocycles. The highest BCUT2D eigenvalue weighted by atomic mass is 16.5. The molecule has 5 nitrogen and oxygen atoms in total. The number of fused-ring (bicyclic) bond motifs is 1. The SMILES string of the molecule is CCN1CCCC1CN=C(N)NCCCOC1CCCc2ccccc21. The number of hydrogen-bond acceptors (Lipinski definition) is 3. The minimum absolute atomic E-state index is 0.258. The summed E-state index contributed by atoms with van der Waals surface area (Å²) in [6, 6.07) is 9.25. The third-order valence-corrected chi connectivity index (χ3v) is 5.64. The fourth-order valence-corrected chi connectivity index (χ4v) is 4.17. The van der Waals surface area contributed by atoms with Crippen molar-refractivity contribution in [3.63, 3.8) is 0 Å². The lowest BCUT2D eigenvalue weighted by Gasteiger charge is -2.25. The molecule has 0 spiro atoms. The van der Waals surface area contributed by atoms with Crippen LogP contribution in [0.25, 0.3) is 0 Å². The van der Waals surface area contributed by atoms with Crippen LogP contribution in [0.4, 0.5) is 0 Å². The van der Waals surface area contributed by atoms with Gasteiger partial charge in [-0.1, -0.05) is 31.2 Å². The highest BCUT2D eigenvalue weighted by Crippen LogP contribution is 2.32. The highest BCUT2D eigenvalue weighted by molar-refractivity contribution is 5.77. The van der Waals surface area contributed by atoms with Crippen LogP contribution in [-0.4, -0.2) is 49.7 Å². The van der Waals surface area contributed by atoms with Crippen LogP contribution in [0, 0.1) is 0 Å². The van der Waals surface area contributed by atoms with E-state index in [4.69, 9.17) is 10.5 Å². The van der Waals surface area contributed by atoms with Gasteiger partial charge in [0.25, 0.3) is 0 Å². The Morgan fingerprint density at radius 2 is 2.19 bits per heavy atom. The van der Waals surface area contributed by atoms with E-state index in [2.05, 4.69) is 46.4 Å². The van der Waals surface area contributed by atoms with E-state index in [-0.39, 0.29) is 6.10 Å². The fraction of sp³-hybridized carbons (Fsp3) is 0.667. The van der Waals surface area contributed by atoms with Crippen molar-refractivity contribution in [2.45, 2.75) is 57.6 Å². The molecule has 1 aliphatic carbocycles. The van der Waals surface area contributed by atoms with Gasteiger partial charge < -0.3 is 15.8 Å². The van der Waals surface area contributed by atoms with Gasteiger partial charge in [-0.15, -0.1) is 0 Å². The van der Waals surface area contributed by atoms with Gasteiger partial charge in [-0.05, 0) is 62.7 Å². The molecule has 1 aliphatic heterocycles. The largest absolute Gasteiger partial charge is 0.373 e. The second-order valence-corrected chi connectivity index (χ2v) is 7.38. The molecule has 2 aliphatic rings. The first-order chi connectivity index (χ1) is 12.8. The molecule has 1 aromatic rings. The molecule has 0 aromatic heterocycles. The summed E-state index contributed by atoms with van der Waals surface area (Å²) < 4.78 is 6.13. The number of aryl methyl sites for hydroxylation is 1. The van der Waals surface area contributed by atoms with Crippen LogP contribution < -0.4 is 11.1 Å². The van der Waals surface area contributed by atoms with Crippen LogP contribution >= 0.6 is 0 Å². The van der Waals surface area contributed by atoms with Crippen molar-refractivity contribution in [3.8, 4) is 0 Å². The average molecular weight is 359 g/mol. The zero-order chi connectivity index (χ0) is 18.2. The molecule has 1 aromatic carbocycles. The number of nitrogens with one attached hydrogen (secondary N) is 1. The van der Waals surface area contributed by atoms with E-state index in [0.717, 1.165) is 39.1 Å². The van der Waals surface area contributed by atoms with Crippen molar-refractivity contribution in [2.24, 2.45) is 10.7 Å². The molecule has 1 saturated heterocycles. The van der Waals surface area contributed by atoms with Crippen LogP contribution in [0.5, 0.6) is 0 Å². The lowest BCUT2D eigenvalue weighted by Crippen LogP contribution is -2.36. The van der Waals surface area contributed by atoms with Crippen LogP contribution in [-0.2, 0) is 11.2 Å². The molecule has 26 heavy (non-hydrogen) atoms. The Bertz CT molecular complexity index is 589. The van der Waals surface area contributed by atoms with Gasteiger partial charge in [0.05, 0.1) is 12.6 Å². The summed E-state index contributed by atoms with van der Waals surface area (Å²) in [4.78, 5) is 7.02. The molecule has 2 atom stereocenters. The van der Waals surface area contributed by atoms with Gasteiger partial charge in [0.15, 0.2) is 5.96 Å². The number of guanidine groups is 1. The van der Waals surface area contributed by atoms with Crippen molar-refractivity contribution in [3.05, 3.63) is 35.4 Å². The standard InChI is InChI=1S/C21H34N4O/c1-2-25-14-6-10-18(25)16-24-21(22)23-13-7-15-26-20-12-5-9-17-8-3-4-11-19(17)20/h3-4,8,11,18,20H,2,5-7,9-10,12-16H2,1H3,(H3,22,23,24). The number of hydrogen-bond donors (Lipinski definition) is 2. The Morgan fingerprint density at radius 1 is 1.31 bits per heavy atom. The molecule has 144 valence electrons. The van der Waals surface area contributed by atoms with Gasteiger partial charge in [-0.3, -0.25) is 9.89 Å². The van der Waals surface area contributed by atoms with Crippen LogP contribution in [0.1, 0.15) is 56.3 Å². The monoisotopic (exact) mass is 358 g/mol. The predicted octanol–water partition coefficient (Wildman–Crippen LogP) is 2.86. The molecule has 1 fully saturated rings. The first-order valence-corrected chi connectivity index (χ1v) is 10.2. The summed E-state index contributed by atoms with van der Waals surface area (Å²) in [5.74, 6) is 0.566. The first kappa shape index (κ1) is 19.2. The molecule has 0 saturated carbocycles. The van der Waals surface area contributed by atoms with E-state index in [0.29, 0.717) is 12.0 Å². The quantitative estimate of drug-likeness (QED) is 0.426. The second kappa shape index (κ2) is 9.93. The van der Waals surface area contributed by atoms with Gasteiger partial charge >= 0.3 is 0 Å². The summed E-state index contributed by atoms with van der Waals surface area (Å²) in [6.07, 6.45) is 7.25. The maximum absolute atomic E-state index is 6.13. The third-order valence-electron chi connectivity index (χ3n) is 5.64. The first-order valence-electron chi connectivity index (χ1n) is 10.2. The summed E-state index contributed by atoms with van der Waals surface area (Å²) >= 11 is 0. The molecule has 2 unspecified atom stereocenters. The van der Waals surface area contributed by atoms with E-state index in [1.165, 1.54) is 43.4 Å². The van der Waals surface area contributed by atoms with E-state index >= 15 is 0 Å². The Hall–Kier alpha value is -1.59. The fourth-order valence-electron chi connectivity index (χ4n) is 4.17. The maximum atomic E-state index is 6.13. The average Bonchev–Trinajstić information content (AvgIpc) is 3.14. The van der Waals surface area contributed by atoms with Crippen molar-refractivity contribution < 1.29 is 4.74 Å². The van der Waals surface area contributed by atoms with Gasteiger partial charge in [0.1, 0.15) is 0 Å². The lowest BCUT2D eigenvalue weighted by atomic mass is 9.89. The number of likely N-dealkylation sites (N-methyl/N-ethyl adjacent to an activating group) is 1. The lowest BCUT2D eigenvalue weighted by molar-refractivity contribution is 0.0398. The van der Waals surface area contributed by atoms with E-state index in [9.17, 15) is 0 Å². The molecular formula is C21H34N4O. The molecule has 3 N–H and O–H groups in total. The second-order valence-electron chi connectivity index (χ2n) is 7.38. The van der Waals surface area contributed by atoms with Crippen molar-refractivity contribution >= 4 is 5.96 Å². The Kier molecular flexibility index (Phi) is 7.32. The van der Waals surface area contributed by atoms with E-state index in [1.807, 2.05) is 0 Å². The van der Waals surface area contributed by atoms with Crippen molar-refractivity contribution in [2.75, 3.05) is 32.8 Å². The summed E-state index contributed by atoms with van der Waals surface area (Å²) in [5.41, 5.74) is 8.84. The van der Waals surface area contributed by atoms with Gasteiger partial charge in [-0.2, -0.15) is 0 Å².